The SMILES string of the molecule is COC1CC(CN2CN(C)C(=O)C23CCN(C(=O)[C@H](NC(=O)c2cc(C)ccc2F)C(C)C)CC3)C1. The Labute approximate surface area is 213 Å². The molecule has 2 heterocycles. The molecule has 1 aliphatic carbocycles. The molecule has 0 unspecified atom stereocenters. The Hall–Kier alpha value is -2.52. The zero-order valence-electron chi connectivity index (χ0n) is 22.1. The molecule has 0 bridgehead atoms. The zero-order chi connectivity index (χ0) is 26.2. The van der Waals surface area contributed by atoms with Gasteiger partial charge >= 0.3 is 0 Å². The van der Waals surface area contributed by atoms with E-state index in [4.69, 9.17) is 4.74 Å². The molecule has 9 heteroatoms. The van der Waals surface area contributed by atoms with Gasteiger partial charge in [-0.25, -0.2) is 4.39 Å². The summed E-state index contributed by atoms with van der Waals surface area (Å²) in [5, 5.41) is 2.77. The summed E-state index contributed by atoms with van der Waals surface area (Å²) in [6, 6.07) is 3.59. The van der Waals surface area contributed by atoms with Crippen LogP contribution in [0.3, 0.4) is 0 Å². The number of halogens is 1. The van der Waals surface area contributed by atoms with Gasteiger partial charge in [0.1, 0.15) is 17.4 Å². The van der Waals surface area contributed by atoms with E-state index >= 15 is 0 Å². The zero-order valence-corrected chi connectivity index (χ0v) is 22.1. The van der Waals surface area contributed by atoms with Crippen molar-refractivity contribution in [2.24, 2.45) is 11.8 Å². The standard InChI is InChI=1S/C27H39FN4O4/c1-17(2)23(29-24(33)21-12-18(3)6-7-22(21)28)25(34)31-10-8-27(9-11-31)26(35)30(4)16-32(27)15-19-13-20(14-19)36-5/h6-7,12,17,19-20,23H,8-11,13-16H2,1-5H3,(H,29,33)/t19?,20?,23-/m1/s1. The number of hydrogen-bond donors (Lipinski definition) is 1. The number of benzene rings is 1. The number of nitrogens with zero attached hydrogens (tertiary/aromatic N) is 3. The van der Waals surface area contributed by atoms with Crippen molar-refractivity contribution in [1.82, 2.24) is 20.0 Å². The second-order valence-corrected chi connectivity index (χ2v) is 11.1. The molecule has 1 atom stereocenters. The van der Waals surface area contributed by atoms with Crippen LogP contribution in [0.2, 0.25) is 0 Å². The van der Waals surface area contributed by atoms with Crippen molar-refractivity contribution >= 4 is 17.7 Å². The minimum absolute atomic E-state index is 0.0621. The maximum Gasteiger partial charge on any atom is 0.254 e. The highest BCUT2D eigenvalue weighted by atomic mass is 19.1. The summed E-state index contributed by atoms with van der Waals surface area (Å²) in [5.74, 6) is -0.915. The lowest BCUT2D eigenvalue weighted by Crippen LogP contribution is -2.60. The highest BCUT2D eigenvalue weighted by Gasteiger charge is 2.54. The van der Waals surface area contributed by atoms with Crippen LogP contribution < -0.4 is 5.32 Å². The molecule has 2 saturated heterocycles. The third-order valence-electron chi connectivity index (χ3n) is 8.23. The van der Waals surface area contributed by atoms with E-state index < -0.39 is 23.3 Å². The van der Waals surface area contributed by atoms with E-state index in [1.54, 1.807) is 29.9 Å². The highest BCUT2D eigenvalue weighted by molar-refractivity contribution is 5.98. The van der Waals surface area contributed by atoms with Gasteiger partial charge in [0.25, 0.3) is 5.91 Å². The lowest BCUT2D eigenvalue weighted by molar-refractivity contribution is -0.142. The molecule has 1 aromatic rings. The van der Waals surface area contributed by atoms with Gasteiger partial charge in [-0.2, -0.15) is 0 Å². The van der Waals surface area contributed by atoms with E-state index in [0.717, 1.165) is 24.9 Å². The molecular weight excluding hydrogens is 463 g/mol. The van der Waals surface area contributed by atoms with Crippen LogP contribution in [-0.4, -0.2) is 90.6 Å². The Morgan fingerprint density at radius 3 is 2.50 bits per heavy atom. The molecule has 0 radical (unpaired) electrons. The number of likely N-dealkylation sites (tertiary alicyclic amines) is 1. The number of amides is 3. The summed E-state index contributed by atoms with van der Waals surface area (Å²) in [6.45, 7) is 7.87. The molecule has 3 aliphatic rings. The molecular formula is C27H39FN4O4. The first-order chi connectivity index (χ1) is 17.1. The molecule has 36 heavy (non-hydrogen) atoms. The highest BCUT2D eigenvalue weighted by Crippen LogP contribution is 2.39. The third kappa shape index (κ3) is 5.00. The number of nitrogens with one attached hydrogen (secondary N) is 1. The topological polar surface area (TPSA) is 82.2 Å². The Kier molecular flexibility index (Phi) is 7.71. The fourth-order valence-electron chi connectivity index (χ4n) is 5.88. The van der Waals surface area contributed by atoms with Crippen LogP contribution in [0.1, 0.15) is 55.5 Å². The maximum absolute atomic E-state index is 14.3. The first kappa shape index (κ1) is 26.5. The Bertz CT molecular complexity index is 1000. The number of methoxy groups -OCH3 is 1. The van der Waals surface area contributed by atoms with Gasteiger partial charge in [-0.05, 0) is 56.6 Å². The maximum atomic E-state index is 14.3. The second-order valence-electron chi connectivity index (χ2n) is 11.1. The van der Waals surface area contributed by atoms with Crippen molar-refractivity contribution in [2.75, 3.05) is 40.5 Å². The Morgan fingerprint density at radius 2 is 1.89 bits per heavy atom. The number of hydrogen-bond acceptors (Lipinski definition) is 5. The largest absolute Gasteiger partial charge is 0.381 e. The van der Waals surface area contributed by atoms with Crippen molar-refractivity contribution in [2.45, 2.75) is 64.1 Å². The van der Waals surface area contributed by atoms with Crippen molar-refractivity contribution in [3.05, 3.63) is 35.1 Å². The summed E-state index contributed by atoms with van der Waals surface area (Å²) in [6.07, 6.45) is 3.48. The van der Waals surface area contributed by atoms with Gasteiger partial charge < -0.3 is 19.9 Å². The summed E-state index contributed by atoms with van der Waals surface area (Å²) < 4.78 is 19.7. The van der Waals surface area contributed by atoms with E-state index in [1.807, 2.05) is 20.9 Å². The molecule has 1 spiro atoms. The Morgan fingerprint density at radius 1 is 1.22 bits per heavy atom. The summed E-state index contributed by atoms with van der Waals surface area (Å²) in [7, 11) is 3.58. The fraction of sp³-hybridized carbons (Fsp3) is 0.667. The van der Waals surface area contributed by atoms with Gasteiger partial charge in [0.2, 0.25) is 11.8 Å². The van der Waals surface area contributed by atoms with Gasteiger partial charge in [-0.1, -0.05) is 25.5 Å². The monoisotopic (exact) mass is 502 g/mol. The van der Waals surface area contributed by atoms with E-state index in [1.165, 1.54) is 12.1 Å². The molecule has 8 nitrogen and oxygen atoms in total. The molecule has 0 aromatic heterocycles. The lowest BCUT2D eigenvalue weighted by Gasteiger charge is -2.46. The van der Waals surface area contributed by atoms with Crippen LogP contribution in [0.4, 0.5) is 4.39 Å². The van der Waals surface area contributed by atoms with Crippen LogP contribution in [0.25, 0.3) is 0 Å². The van der Waals surface area contributed by atoms with Gasteiger partial charge in [0, 0.05) is 33.8 Å². The van der Waals surface area contributed by atoms with Crippen LogP contribution in [-0.2, 0) is 14.3 Å². The molecule has 1 N–H and O–H groups in total. The molecule has 1 saturated carbocycles. The van der Waals surface area contributed by atoms with E-state index in [0.29, 0.717) is 44.6 Å². The summed E-state index contributed by atoms with van der Waals surface area (Å²) in [4.78, 5) is 45.4. The fourth-order valence-corrected chi connectivity index (χ4v) is 5.88. The number of rotatable bonds is 7. The van der Waals surface area contributed by atoms with Crippen LogP contribution in [0, 0.1) is 24.6 Å². The molecule has 4 rings (SSSR count). The van der Waals surface area contributed by atoms with E-state index in [2.05, 4.69) is 10.2 Å². The molecule has 1 aromatic carbocycles. The molecule has 3 fully saturated rings. The second kappa shape index (κ2) is 10.5. The smallest absolute Gasteiger partial charge is 0.254 e. The van der Waals surface area contributed by atoms with Crippen molar-refractivity contribution in [1.29, 1.82) is 0 Å². The number of carbonyl (C=O) groups excluding carboxylic acids is 3. The van der Waals surface area contributed by atoms with E-state index in [-0.39, 0.29) is 23.3 Å². The minimum Gasteiger partial charge on any atom is -0.381 e. The summed E-state index contributed by atoms with van der Waals surface area (Å²) >= 11 is 0. The lowest BCUT2D eigenvalue weighted by atomic mass is 9.79. The third-order valence-corrected chi connectivity index (χ3v) is 8.23. The van der Waals surface area contributed by atoms with Crippen LogP contribution in [0.5, 0.6) is 0 Å². The number of piperidine rings is 1. The predicted octanol–water partition coefficient (Wildman–Crippen LogP) is 2.41. The first-order valence-corrected chi connectivity index (χ1v) is 12.9. The first-order valence-electron chi connectivity index (χ1n) is 12.9. The minimum atomic E-state index is -0.773. The number of carbonyl (C=O) groups is 3. The van der Waals surface area contributed by atoms with Crippen molar-refractivity contribution < 1.29 is 23.5 Å². The quantitative estimate of drug-likeness (QED) is 0.619. The van der Waals surface area contributed by atoms with Crippen LogP contribution in [0.15, 0.2) is 18.2 Å². The van der Waals surface area contributed by atoms with Crippen LogP contribution >= 0.6 is 0 Å². The van der Waals surface area contributed by atoms with E-state index in [9.17, 15) is 18.8 Å². The summed E-state index contributed by atoms with van der Waals surface area (Å²) in [5.41, 5.74) is 0.129. The number of likely N-dealkylation sites (N-methyl/N-ethyl adjacent to an activating group) is 1. The average Bonchev–Trinajstić information content (AvgIpc) is 3.04. The molecule has 2 aliphatic heterocycles. The average molecular weight is 503 g/mol. The predicted molar refractivity (Wildman–Crippen MR) is 134 cm³/mol. The van der Waals surface area contributed by atoms with Gasteiger partial charge in [0.15, 0.2) is 0 Å². The van der Waals surface area contributed by atoms with Crippen molar-refractivity contribution in [3.63, 3.8) is 0 Å². The van der Waals surface area contributed by atoms with Gasteiger partial charge in [-0.3, -0.25) is 19.3 Å². The number of ether oxygens (including phenoxy) is 1. The normalized spacial score (nSPS) is 24.8. The molecule has 3 amide bonds. The van der Waals surface area contributed by atoms with Crippen molar-refractivity contribution in [3.8, 4) is 0 Å². The van der Waals surface area contributed by atoms with Gasteiger partial charge in [-0.15, -0.1) is 0 Å². The van der Waals surface area contributed by atoms with Gasteiger partial charge in [0.05, 0.1) is 18.3 Å². The number of aryl methyl sites for hydroxylation is 1. The molecule has 198 valence electrons. The Balaban J connectivity index is 1.42.